The number of hydrogen-bond acceptors (Lipinski definition) is 5. The number of carbonyl (C=O) groups excluding carboxylic acids is 1. The van der Waals surface area contributed by atoms with Crippen molar-refractivity contribution in [1.29, 1.82) is 0 Å². The van der Waals surface area contributed by atoms with E-state index in [4.69, 9.17) is 9.47 Å². The van der Waals surface area contributed by atoms with E-state index in [1.54, 1.807) is 30.3 Å². The third-order valence-corrected chi connectivity index (χ3v) is 6.54. The Balaban J connectivity index is 1.50. The lowest BCUT2D eigenvalue weighted by molar-refractivity contribution is 0.0952. The summed E-state index contributed by atoms with van der Waals surface area (Å²) >= 11 is 0. The number of anilines is 1. The Morgan fingerprint density at radius 2 is 1.62 bits per heavy atom. The molecule has 32 heavy (non-hydrogen) atoms. The van der Waals surface area contributed by atoms with Gasteiger partial charge in [0.05, 0.1) is 16.1 Å². The van der Waals surface area contributed by atoms with E-state index in [2.05, 4.69) is 10.0 Å². The molecule has 0 radical (unpaired) electrons. The van der Waals surface area contributed by atoms with Gasteiger partial charge in [0.25, 0.3) is 15.9 Å². The van der Waals surface area contributed by atoms with Crippen molar-refractivity contribution >= 4 is 21.6 Å². The van der Waals surface area contributed by atoms with Crippen LogP contribution in [0.25, 0.3) is 0 Å². The summed E-state index contributed by atoms with van der Waals surface area (Å²) in [5.41, 5.74) is 1.56. The van der Waals surface area contributed by atoms with Crippen LogP contribution in [-0.2, 0) is 10.0 Å². The topological polar surface area (TPSA) is 93.7 Å². The van der Waals surface area contributed by atoms with Gasteiger partial charge < -0.3 is 14.8 Å². The van der Waals surface area contributed by atoms with E-state index < -0.39 is 10.0 Å². The van der Waals surface area contributed by atoms with Crippen LogP contribution in [0.1, 0.15) is 28.8 Å². The molecule has 4 rings (SSSR count). The van der Waals surface area contributed by atoms with Crippen molar-refractivity contribution in [3.05, 3.63) is 83.9 Å². The zero-order chi connectivity index (χ0) is 22.6. The lowest BCUT2D eigenvalue weighted by Crippen LogP contribution is -2.28. The van der Waals surface area contributed by atoms with Gasteiger partial charge in [0.1, 0.15) is 13.2 Å². The largest absolute Gasteiger partial charge is 0.486 e. The molecule has 0 bridgehead atoms. The molecule has 0 aromatic heterocycles. The van der Waals surface area contributed by atoms with Crippen molar-refractivity contribution in [2.45, 2.75) is 17.7 Å². The lowest BCUT2D eigenvalue weighted by atomic mass is 10.0. The van der Waals surface area contributed by atoms with Gasteiger partial charge in [-0.1, -0.05) is 49.4 Å². The summed E-state index contributed by atoms with van der Waals surface area (Å²) in [7, 11) is -3.94. The van der Waals surface area contributed by atoms with E-state index in [-0.39, 0.29) is 28.0 Å². The van der Waals surface area contributed by atoms with Gasteiger partial charge in [0.15, 0.2) is 11.5 Å². The molecule has 0 fully saturated rings. The van der Waals surface area contributed by atoms with Crippen LogP contribution in [0, 0.1) is 0 Å². The number of benzene rings is 3. The Kier molecular flexibility index (Phi) is 6.32. The zero-order valence-electron chi connectivity index (χ0n) is 17.6. The van der Waals surface area contributed by atoms with Crippen molar-refractivity contribution in [2.75, 3.05) is 24.5 Å². The maximum atomic E-state index is 13.0. The third-order valence-electron chi connectivity index (χ3n) is 5.18. The fourth-order valence-corrected chi connectivity index (χ4v) is 4.50. The van der Waals surface area contributed by atoms with Crippen molar-refractivity contribution in [3.63, 3.8) is 0 Å². The maximum absolute atomic E-state index is 13.0. The van der Waals surface area contributed by atoms with Crippen LogP contribution in [0.3, 0.4) is 0 Å². The second-order valence-electron chi connectivity index (χ2n) is 7.48. The molecule has 0 saturated carbocycles. The van der Waals surface area contributed by atoms with Crippen molar-refractivity contribution < 1.29 is 22.7 Å². The van der Waals surface area contributed by atoms with Crippen molar-refractivity contribution in [1.82, 2.24) is 5.32 Å². The molecule has 1 atom stereocenters. The number of ether oxygens (including phenoxy) is 2. The highest BCUT2D eigenvalue weighted by molar-refractivity contribution is 7.92. The highest BCUT2D eigenvalue weighted by atomic mass is 32.2. The molecule has 0 aliphatic carbocycles. The summed E-state index contributed by atoms with van der Waals surface area (Å²) in [6, 6.07) is 20.8. The average molecular weight is 453 g/mol. The van der Waals surface area contributed by atoms with Crippen molar-refractivity contribution in [3.8, 4) is 11.5 Å². The van der Waals surface area contributed by atoms with Crippen LogP contribution in [0.2, 0.25) is 0 Å². The molecule has 1 aliphatic heterocycles. The van der Waals surface area contributed by atoms with E-state index in [0.717, 1.165) is 5.56 Å². The van der Waals surface area contributed by atoms with Gasteiger partial charge in [-0.3, -0.25) is 9.52 Å². The third kappa shape index (κ3) is 4.86. The highest BCUT2D eigenvalue weighted by Gasteiger charge is 2.22. The van der Waals surface area contributed by atoms with E-state index >= 15 is 0 Å². The van der Waals surface area contributed by atoms with Crippen molar-refractivity contribution in [2.24, 2.45) is 0 Å². The standard InChI is InChI=1S/C24H24N2O5S/c1-17(18-7-3-2-4-8-18)16-25-24(27)20-9-5-6-10-21(20)26-32(28,29)19-11-12-22-23(15-19)31-14-13-30-22/h2-12,15,17,26H,13-14,16H2,1H3,(H,25,27). The quantitative estimate of drug-likeness (QED) is 0.569. The van der Waals surface area contributed by atoms with E-state index in [1.165, 1.54) is 12.1 Å². The van der Waals surface area contributed by atoms with E-state index in [0.29, 0.717) is 31.3 Å². The van der Waals surface area contributed by atoms with Crippen LogP contribution in [0.4, 0.5) is 5.69 Å². The first kappa shape index (κ1) is 21.7. The summed E-state index contributed by atoms with van der Waals surface area (Å²) in [5, 5.41) is 2.89. The van der Waals surface area contributed by atoms with Gasteiger partial charge in [-0.2, -0.15) is 0 Å². The number of rotatable bonds is 7. The average Bonchev–Trinajstić information content (AvgIpc) is 2.82. The summed E-state index contributed by atoms with van der Waals surface area (Å²) in [6.45, 7) is 3.22. The molecule has 0 saturated heterocycles. The van der Waals surface area contributed by atoms with Crippen LogP contribution in [0.15, 0.2) is 77.7 Å². The highest BCUT2D eigenvalue weighted by Crippen LogP contribution is 2.33. The molecule has 166 valence electrons. The van der Waals surface area contributed by atoms with Crippen LogP contribution >= 0.6 is 0 Å². The van der Waals surface area contributed by atoms with Gasteiger partial charge in [0.2, 0.25) is 0 Å². The molecule has 0 spiro atoms. The first-order valence-electron chi connectivity index (χ1n) is 10.3. The monoisotopic (exact) mass is 452 g/mol. The molecule has 1 heterocycles. The summed E-state index contributed by atoms with van der Waals surface area (Å²) in [4.78, 5) is 12.9. The first-order chi connectivity index (χ1) is 15.4. The summed E-state index contributed by atoms with van der Waals surface area (Å²) in [5.74, 6) is 0.637. The van der Waals surface area contributed by atoms with Gasteiger partial charge >= 0.3 is 0 Å². The molecule has 8 heteroatoms. The first-order valence-corrected chi connectivity index (χ1v) is 11.8. The van der Waals surface area contributed by atoms with E-state index in [1.807, 2.05) is 37.3 Å². The number of amides is 1. The molecule has 1 amide bonds. The molecule has 2 N–H and O–H groups in total. The normalized spacial score (nSPS) is 13.8. The van der Waals surface area contributed by atoms with Crippen LogP contribution < -0.4 is 19.5 Å². The molecule has 3 aromatic carbocycles. The maximum Gasteiger partial charge on any atom is 0.262 e. The van der Waals surface area contributed by atoms with Gasteiger partial charge in [-0.05, 0) is 35.7 Å². The fourth-order valence-electron chi connectivity index (χ4n) is 3.41. The zero-order valence-corrected chi connectivity index (χ0v) is 18.4. The van der Waals surface area contributed by atoms with Gasteiger partial charge in [0, 0.05) is 12.6 Å². The van der Waals surface area contributed by atoms with Gasteiger partial charge in [-0.15, -0.1) is 0 Å². The number of carbonyl (C=O) groups is 1. The molecule has 3 aromatic rings. The molecular weight excluding hydrogens is 428 g/mol. The van der Waals surface area contributed by atoms with Crippen LogP contribution in [-0.4, -0.2) is 34.1 Å². The van der Waals surface area contributed by atoms with Gasteiger partial charge in [-0.25, -0.2) is 8.42 Å². The number of hydrogen-bond donors (Lipinski definition) is 2. The Hall–Kier alpha value is -3.52. The Morgan fingerprint density at radius 1 is 0.938 bits per heavy atom. The van der Waals surface area contributed by atoms with Crippen LogP contribution in [0.5, 0.6) is 11.5 Å². The summed E-state index contributed by atoms with van der Waals surface area (Å²) in [6.07, 6.45) is 0. The number of para-hydroxylation sites is 1. The minimum Gasteiger partial charge on any atom is -0.486 e. The number of nitrogens with one attached hydrogen (secondary N) is 2. The second-order valence-corrected chi connectivity index (χ2v) is 9.16. The smallest absolute Gasteiger partial charge is 0.262 e. The summed E-state index contributed by atoms with van der Waals surface area (Å²) < 4.78 is 39.4. The van der Waals surface area contributed by atoms with E-state index in [9.17, 15) is 13.2 Å². The Labute approximate surface area is 187 Å². The molecule has 1 aliphatic rings. The Morgan fingerprint density at radius 3 is 2.41 bits per heavy atom. The molecule has 1 unspecified atom stereocenters. The lowest BCUT2D eigenvalue weighted by Gasteiger charge is -2.19. The second kappa shape index (κ2) is 9.32. The predicted molar refractivity (Wildman–Crippen MR) is 122 cm³/mol. The predicted octanol–water partition coefficient (Wildman–Crippen LogP) is 3.79. The minimum atomic E-state index is -3.94. The molecular formula is C24H24N2O5S. The minimum absolute atomic E-state index is 0.0228. The molecule has 7 nitrogen and oxygen atoms in total. The number of fused-ring (bicyclic) bond motifs is 1. The number of sulfonamides is 1. The SMILES string of the molecule is CC(CNC(=O)c1ccccc1NS(=O)(=O)c1ccc2c(c1)OCCO2)c1ccccc1. The Bertz CT molecular complexity index is 1210. The fraction of sp³-hybridized carbons (Fsp3) is 0.208.